The van der Waals surface area contributed by atoms with Gasteiger partial charge in [0.15, 0.2) is 0 Å². The predicted octanol–water partition coefficient (Wildman–Crippen LogP) is 1.28. The molecule has 0 aliphatic carbocycles. The van der Waals surface area contributed by atoms with Crippen LogP contribution in [0.3, 0.4) is 0 Å². The molecule has 1 unspecified atom stereocenters. The van der Waals surface area contributed by atoms with E-state index in [-0.39, 0.29) is 0 Å². The number of nitrogens with one attached hydrogen (secondary N) is 2. The van der Waals surface area contributed by atoms with Crippen LogP contribution in [0.1, 0.15) is 6.42 Å². The summed E-state index contributed by atoms with van der Waals surface area (Å²) >= 11 is 0. The summed E-state index contributed by atoms with van der Waals surface area (Å²) in [5, 5.41) is 6.89. The number of hydrogen-bond acceptors (Lipinski definition) is 3. The summed E-state index contributed by atoms with van der Waals surface area (Å²) in [5.74, 6) is 0. The number of benzene rings is 1. The number of nitrogens with zero attached hydrogens (tertiary/aromatic N) is 1. The van der Waals surface area contributed by atoms with Gasteiger partial charge in [0.2, 0.25) is 0 Å². The fourth-order valence-electron chi connectivity index (χ4n) is 2.59. The van der Waals surface area contributed by atoms with Gasteiger partial charge in [0.25, 0.3) is 0 Å². The number of para-hydroxylation sites is 2. The maximum atomic E-state index is 3.45. The van der Waals surface area contributed by atoms with Gasteiger partial charge in [-0.3, -0.25) is 0 Å². The molecular formula is C12H17N3. The van der Waals surface area contributed by atoms with Gasteiger partial charge >= 0.3 is 0 Å². The Morgan fingerprint density at radius 2 is 2.13 bits per heavy atom. The second kappa shape index (κ2) is 3.74. The first kappa shape index (κ1) is 9.04. The molecule has 0 amide bonds. The molecule has 0 saturated carbocycles. The first-order valence-electron chi connectivity index (χ1n) is 5.75. The van der Waals surface area contributed by atoms with Gasteiger partial charge in [-0.15, -0.1) is 0 Å². The first-order valence-corrected chi connectivity index (χ1v) is 5.75. The van der Waals surface area contributed by atoms with Crippen molar-refractivity contribution < 1.29 is 0 Å². The molecule has 3 heteroatoms. The third-order valence-corrected chi connectivity index (χ3v) is 3.36. The van der Waals surface area contributed by atoms with Gasteiger partial charge in [-0.05, 0) is 25.1 Å². The Hall–Kier alpha value is -1.22. The molecular weight excluding hydrogens is 186 g/mol. The molecule has 0 bridgehead atoms. The normalized spacial score (nSPS) is 24.8. The van der Waals surface area contributed by atoms with Gasteiger partial charge in [-0.2, -0.15) is 0 Å². The lowest BCUT2D eigenvalue weighted by Gasteiger charge is -2.36. The van der Waals surface area contributed by atoms with E-state index in [4.69, 9.17) is 0 Å². The van der Waals surface area contributed by atoms with Crippen molar-refractivity contribution in [2.45, 2.75) is 12.5 Å². The van der Waals surface area contributed by atoms with E-state index >= 15 is 0 Å². The highest BCUT2D eigenvalue weighted by molar-refractivity contribution is 5.72. The standard InChI is InChI=1S/C12H17N3/c1-2-4-12-11(3-1)14-7-8-15(12)10-5-6-13-9-10/h1-4,10,13-14H,5-9H2. The molecule has 1 fully saturated rings. The summed E-state index contributed by atoms with van der Waals surface area (Å²) < 4.78 is 0. The third kappa shape index (κ3) is 1.57. The molecule has 1 saturated heterocycles. The summed E-state index contributed by atoms with van der Waals surface area (Å²) in [6.07, 6.45) is 1.27. The molecule has 0 aromatic heterocycles. The summed E-state index contributed by atoms with van der Waals surface area (Å²) in [6, 6.07) is 9.31. The molecule has 2 aliphatic rings. The van der Waals surface area contributed by atoms with E-state index in [1.807, 2.05) is 0 Å². The van der Waals surface area contributed by atoms with Gasteiger partial charge in [-0.1, -0.05) is 12.1 Å². The number of anilines is 2. The Kier molecular flexibility index (Phi) is 2.25. The van der Waals surface area contributed by atoms with Gasteiger partial charge in [-0.25, -0.2) is 0 Å². The van der Waals surface area contributed by atoms with Crippen molar-refractivity contribution in [3.63, 3.8) is 0 Å². The zero-order valence-electron chi connectivity index (χ0n) is 8.87. The van der Waals surface area contributed by atoms with Gasteiger partial charge < -0.3 is 15.5 Å². The summed E-state index contributed by atoms with van der Waals surface area (Å²) in [4.78, 5) is 2.55. The third-order valence-electron chi connectivity index (χ3n) is 3.36. The van der Waals surface area contributed by atoms with Crippen LogP contribution in [0.2, 0.25) is 0 Å². The predicted molar refractivity (Wildman–Crippen MR) is 63.6 cm³/mol. The van der Waals surface area contributed by atoms with Crippen LogP contribution in [0.25, 0.3) is 0 Å². The lowest BCUT2D eigenvalue weighted by Crippen LogP contribution is -2.42. The first-order chi connectivity index (χ1) is 7.45. The van der Waals surface area contributed by atoms with Crippen molar-refractivity contribution in [1.82, 2.24) is 5.32 Å². The molecule has 3 nitrogen and oxygen atoms in total. The Labute approximate surface area is 90.5 Å². The minimum Gasteiger partial charge on any atom is -0.382 e. The van der Waals surface area contributed by atoms with Crippen LogP contribution in [-0.4, -0.2) is 32.2 Å². The number of rotatable bonds is 1. The van der Waals surface area contributed by atoms with Gasteiger partial charge in [0.1, 0.15) is 0 Å². The SMILES string of the molecule is c1ccc2c(c1)NCCN2C1CCNC1. The Bertz CT molecular complexity index is 344. The van der Waals surface area contributed by atoms with Crippen LogP contribution in [0.4, 0.5) is 11.4 Å². The lowest BCUT2D eigenvalue weighted by molar-refractivity contribution is 0.632. The average molecular weight is 203 g/mol. The van der Waals surface area contributed by atoms with Crippen molar-refractivity contribution in [2.24, 2.45) is 0 Å². The number of fused-ring (bicyclic) bond motifs is 1. The molecule has 3 rings (SSSR count). The van der Waals surface area contributed by atoms with Crippen molar-refractivity contribution in [3.05, 3.63) is 24.3 Å². The monoisotopic (exact) mass is 203 g/mol. The molecule has 2 aliphatic heterocycles. The maximum absolute atomic E-state index is 3.45. The zero-order chi connectivity index (χ0) is 10.1. The van der Waals surface area contributed by atoms with Crippen molar-refractivity contribution in [3.8, 4) is 0 Å². The van der Waals surface area contributed by atoms with E-state index in [0.29, 0.717) is 6.04 Å². The Morgan fingerprint density at radius 3 is 3.00 bits per heavy atom. The highest BCUT2D eigenvalue weighted by atomic mass is 15.2. The molecule has 1 aromatic carbocycles. The summed E-state index contributed by atoms with van der Waals surface area (Å²) in [5.41, 5.74) is 2.66. The smallest absolute Gasteiger partial charge is 0.0605 e. The summed E-state index contributed by atoms with van der Waals surface area (Å²) in [7, 11) is 0. The molecule has 0 radical (unpaired) electrons. The van der Waals surface area contributed by atoms with Crippen LogP contribution in [0.15, 0.2) is 24.3 Å². The minimum absolute atomic E-state index is 0.688. The number of hydrogen-bond donors (Lipinski definition) is 2. The van der Waals surface area contributed by atoms with E-state index in [9.17, 15) is 0 Å². The molecule has 1 atom stereocenters. The largest absolute Gasteiger partial charge is 0.382 e. The average Bonchev–Trinajstić information content (AvgIpc) is 2.82. The fourth-order valence-corrected chi connectivity index (χ4v) is 2.59. The van der Waals surface area contributed by atoms with Crippen molar-refractivity contribution in [1.29, 1.82) is 0 Å². The Morgan fingerprint density at radius 1 is 1.20 bits per heavy atom. The summed E-state index contributed by atoms with van der Waals surface area (Å²) in [6.45, 7) is 4.49. The second-order valence-electron chi connectivity index (χ2n) is 4.28. The van der Waals surface area contributed by atoms with E-state index < -0.39 is 0 Å². The lowest BCUT2D eigenvalue weighted by atomic mass is 10.1. The van der Waals surface area contributed by atoms with Crippen LogP contribution in [0.5, 0.6) is 0 Å². The van der Waals surface area contributed by atoms with Crippen LogP contribution in [-0.2, 0) is 0 Å². The molecule has 15 heavy (non-hydrogen) atoms. The van der Waals surface area contributed by atoms with Crippen LogP contribution >= 0.6 is 0 Å². The molecule has 2 N–H and O–H groups in total. The highest BCUT2D eigenvalue weighted by Crippen LogP contribution is 2.30. The molecule has 80 valence electrons. The highest BCUT2D eigenvalue weighted by Gasteiger charge is 2.25. The Balaban J connectivity index is 1.91. The second-order valence-corrected chi connectivity index (χ2v) is 4.28. The van der Waals surface area contributed by atoms with E-state index in [1.165, 1.54) is 17.8 Å². The van der Waals surface area contributed by atoms with Crippen molar-refractivity contribution in [2.75, 3.05) is 36.4 Å². The van der Waals surface area contributed by atoms with E-state index in [0.717, 1.165) is 26.2 Å². The molecule has 0 spiro atoms. The molecule has 1 aromatic rings. The van der Waals surface area contributed by atoms with Gasteiger partial charge in [0.05, 0.1) is 11.4 Å². The van der Waals surface area contributed by atoms with Crippen LogP contribution in [0, 0.1) is 0 Å². The van der Waals surface area contributed by atoms with Crippen molar-refractivity contribution >= 4 is 11.4 Å². The topological polar surface area (TPSA) is 27.3 Å². The van der Waals surface area contributed by atoms with E-state index in [2.05, 4.69) is 39.8 Å². The zero-order valence-corrected chi connectivity index (χ0v) is 8.87. The van der Waals surface area contributed by atoms with Gasteiger partial charge in [0, 0.05) is 25.7 Å². The quantitative estimate of drug-likeness (QED) is 0.720. The maximum Gasteiger partial charge on any atom is 0.0605 e. The minimum atomic E-state index is 0.688. The molecule has 2 heterocycles. The van der Waals surface area contributed by atoms with Crippen LogP contribution < -0.4 is 15.5 Å². The fraction of sp³-hybridized carbons (Fsp3) is 0.500. The van der Waals surface area contributed by atoms with E-state index in [1.54, 1.807) is 0 Å².